The molecule has 1 aromatic heterocycles. The fourth-order valence-electron chi connectivity index (χ4n) is 3.28. The predicted octanol–water partition coefficient (Wildman–Crippen LogP) is 5.55. The van der Waals surface area contributed by atoms with Crippen molar-refractivity contribution in [1.82, 2.24) is 4.98 Å². The van der Waals surface area contributed by atoms with Crippen LogP contribution in [0.15, 0.2) is 66.9 Å². The average molecular weight is 365 g/mol. The molecule has 3 aromatic rings. The third-order valence-corrected chi connectivity index (χ3v) is 5.43. The lowest BCUT2D eigenvalue weighted by Gasteiger charge is -2.18. The molecule has 0 bridgehead atoms. The van der Waals surface area contributed by atoms with E-state index in [2.05, 4.69) is 34.6 Å². The summed E-state index contributed by atoms with van der Waals surface area (Å²) in [7, 11) is 1.68. The molecule has 0 atom stereocenters. The molecule has 132 valence electrons. The van der Waals surface area contributed by atoms with Gasteiger partial charge in [0.2, 0.25) is 0 Å². The summed E-state index contributed by atoms with van der Waals surface area (Å²) in [5.41, 5.74) is 4.53. The van der Waals surface area contributed by atoms with Gasteiger partial charge in [0.25, 0.3) is 0 Å². The Morgan fingerprint density at radius 1 is 1.08 bits per heavy atom. The Hall–Kier alpha value is -2.52. The van der Waals surface area contributed by atoms with Gasteiger partial charge in [0.1, 0.15) is 5.75 Å². The summed E-state index contributed by atoms with van der Waals surface area (Å²) in [5.74, 6) is 0.871. The summed E-state index contributed by atoms with van der Waals surface area (Å²) in [6, 6.07) is 20.2. The van der Waals surface area contributed by atoms with Crippen LogP contribution < -0.4 is 10.1 Å². The maximum Gasteiger partial charge on any atom is 0.119 e. The predicted molar refractivity (Wildman–Crippen MR) is 107 cm³/mol. The minimum Gasteiger partial charge on any atom is -0.497 e. The SMILES string of the molecule is COc1ccc(NCC2(c3ccnc(-c4ccccc4Cl)c3)CC2)cc1. The van der Waals surface area contributed by atoms with Gasteiger partial charge in [-0.25, -0.2) is 0 Å². The van der Waals surface area contributed by atoms with Crippen molar-refractivity contribution in [2.75, 3.05) is 19.0 Å². The van der Waals surface area contributed by atoms with Crippen LogP contribution in [0.4, 0.5) is 5.69 Å². The van der Waals surface area contributed by atoms with Crippen LogP contribution >= 0.6 is 11.6 Å². The summed E-state index contributed by atoms with van der Waals surface area (Å²) in [4.78, 5) is 4.53. The van der Waals surface area contributed by atoms with Gasteiger partial charge in [0.15, 0.2) is 0 Å². The molecule has 0 saturated heterocycles. The third-order valence-electron chi connectivity index (χ3n) is 5.10. The Balaban J connectivity index is 1.53. The molecule has 1 fully saturated rings. The molecule has 0 unspecified atom stereocenters. The van der Waals surface area contributed by atoms with Crippen LogP contribution in [0.5, 0.6) is 5.75 Å². The van der Waals surface area contributed by atoms with Crippen molar-refractivity contribution < 1.29 is 4.74 Å². The van der Waals surface area contributed by atoms with E-state index in [0.29, 0.717) is 0 Å². The van der Waals surface area contributed by atoms with Crippen LogP contribution in [0.25, 0.3) is 11.3 Å². The molecule has 4 heteroatoms. The number of benzene rings is 2. The number of rotatable bonds is 6. The van der Waals surface area contributed by atoms with E-state index >= 15 is 0 Å². The molecule has 0 radical (unpaired) electrons. The van der Waals surface area contributed by atoms with Gasteiger partial charge in [-0.1, -0.05) is 29.8 Å². The number of pyridine rings is 1. The monoisotopic (exact) mass is 364 g/mol. The van der Waals surface area contributed by atoms with Crippen LogP contribution in [-0.4, -0.2) is 18.6 Å². The molecule has 4 rings (SSSR count). The van der Waals surface area contributed by atoms with Crippen molar-refractivity contribution in [2.45, 2.75) is 18.3 Å². The molecule has 0 spiro atoms. The molecule has 1 N–H and O–H groups in total. The zero-order chi connectivity index (χ0) is 18.0. The largest absolute Gasteiger partial charge is 0.497 e. The first-order chi connectivity index (χ1) is 12.7. The van der Waals surface area contributed by atoms with Gasteiger partial charge in [-0.2, -0.15) is 0 Å². The lowest BCUT2D eigenvalue weighted by molar-refractivity contribution is 0.415. The second-order valence-corrected chi connectivity index (χ2v) is 7.18. The number of nitrogens with zero attached hydrogens (tertiary/aromatic N) is 1. The molecule has 26 heavy (non-hydrogen) atoms. The van der Waals surface area contributed by atoms with Crippen molar-refractivity contribution in [2.24, 2.45) is 0 Å². The standard InChI is InChI=1S/C22H21ClN2O/c1-26-18-8-6-17(7-9-18)25-15-22(11-12-22)16-10-13-24-21(14-16)19-4-2-3-5-20(19)23/h2-10,13-14,25H,11-12,15H2,1H3. The zero-order valence-electron chi connectivity index (χ0n) is 14.7. The van der Waals surface area contributed by atoms with Gasteiger partial charge in [0, 0.05) is 34.4 Å². The second kappa shape index (κ2) is 7.00. The first-order valence-corrected chi connectivity index (χ1v) is 9.17. The summed E-state index contributed by atoms with van der Waals surface area (Å²) in [6.07, 6.45) is 4.26. The van der Waals surface area contributed by atoms with Gasteiger partial charge < -0.3 is 10.1 Å². The maximum atomic E-state index is 6.34. The Morgan fingerprint density at radius 3 is 2.54 bits per heavy atom. The first kappa shape index (κ1) is 16.9. The van der Waals surface area contributed by atoms with E-state index in [1.807, 2.05) is 42.6 Å². The van der Waals surface area contributed by atoms with Crippen LogP contribution in [0.3, 0.4) is 0 Å². The molecule has 3 nitrogen and oxygen atoms in total. The highest BCUT2D eigenvalue weighted by Crippen LogP contribution is 2.48. The highest BCUT2D eigenvalue weighted by atomic mass is 35.5. The molecule has 0 amide bonds. The van der Waals surface area contributed by atoms with Crippen LogP contribution in [0.2, 0.25) is 5.02 Å². The van der Waals surface area contributed by atoms with E-state index < -0.39 is 0 Å². The quantitative estimate of drug-likeness (QED) is 0.622. The van der Waals surface area contributed by atoms with Gasteiger partial charge in [0.05, 0.1) is 12.8 Å². The first-order valence-electron chi connectivity index (χ1n) is 8.80. The van der Waals surface area contributed by atoms with Gasteiger partial charge in [-0.3, -0.25) is 4.98 Å². The van der Waals surface area contributed by atoms with Crippen molar-refractivity contribution in [1.29, 1.82) is 0 Å². The molecular formula is C22H21ClN2O. The van der Waals surface area contributed by atoms with E-state index in [4.69, 9.17) is 16.3 Å². The van der Waals surface area contributed by atoms with Crippen molar-refractivity contribution in [3.63, 3.8) is 0 Å². The Bertz CT molecular complexity index is 904. The van der Waals surface area contributed by atoms with E-state index in [1.54, 1.807) is 7.11 Å². The van der Waals surface area contributed by atoms with E-state index in [9.17, 15) is 0 Å². The number of nitrogens with one attached hydrogen (secondary N) is 1. The maximum absolute atomic E-state index is 6.34. The molecule has 1 aliphatic carbocycles. The topological polar surface area (TPSA) is 34.1 Å². The zero-order valence-corrected chi connectivity index (χ0v) is 15.5. The summed E-state index contributed by atoms with van der Waals surface area (Å²) < 4.78 is 5.22. The van der Waals surface area contributed by atoms with E-state index in [0.717, 1.165) is 34.3 Å². The van der Waals surface area contributed by atoms with E-state index in [1.165, 1.54) is 18.4 Å². The summed E-state index contributed by atoms with van der Waals surface area (Å²) >= 11 is 6.34. The molecule has 2 aromatic carbocycles. The van der Waals surface area contributed by atoms with Crippen LogP contribution in [-0.2, 0) is 5.41 Å². The van der Waals surface area contributed by atoms with E-state index in [-0.39, 0.29) is 5.41 Å². The van der Waals surface area contributed by atoms with Gasteiger partial charge in [-0.05, 0) is 60.9 Å². The summed E-state index contributed by atoms with van der Waals surface area (Å²) in [6.45, 7) is 0.908. The lowest BCUT2D eigenvalue weighted by atomic mass is 9.95. The molecule has 1 heterocycles. The van der Waals surface area contributed by atoms with Crippen LogP contribution in [0, 0.1) is 0 Å². The average Bonchev–Trinajstić information content (AvgIpc) is 3.49. The Labute approximate surface area is 159 Å². The fourth-order valence-corrected chi connectivity index (χ4v) is 3.51. The number of anilines is 1. The molecule has 1 aliphatic rings. The number of ether oxygens (including phenoxy) is 1. The number of aromatic nitrogens is 1. The Kier molecular flexibility index (Phi) is 4.56. The minimum atomic E-state index is 0.179. The fraction of sp³-hybridized carbons (Fsp3) is 0.227. The van der Waals surface area contributed by atoms with Crippen molar-refractivity contribution in [3.05, 3.63) is 77.4 Å². The molecule has 0 aliphatic heterocycles. The number of hydrogen-bond acceptors (Lipinski definition) is 3. The van der Waals surface area contributed by atoms with Crippen molar-refractivity contribution in [3.8, 4) is 17.0 Å². The number of hydrogen-bond donors (Lipinski definition) is 1. The lowest BCUT2D eigenvalue weighted by Crippen LogP contribution is -2.19. The highest BCUT2D eigenvalue weighted by Gasteiger charge is 2.44. The smallest absolute Gasteiger partial charge is 0.119 e. The van der Waals surface area contributed by atoms with Gasteiger partial charge in [-0.15, -0.1) is 0 Å². The molecular weight excluding hydrogens is 344 g/mol. The summed E-state index contributed by atoms with van der Waals surface area (Å²) in [5, 5.41) is 4.30. The number of methoxy groups -OCH3 is 1. The van der Waals surface area contributed by atoms with Crippen LogP contribution in [0.1, 0.15) is 18.4 Å². The Morgan fingerprint density at radius 2 is 1.85 bits per heavy atom. The minimum absolute atomic E-state index is 0.179. The second-order valence-electron chi connectivity index (χ2n) is 6.77. The third kappa shape index (κ3) is 3.40. The highest BCUT2D eigenvalue weighted by molar-refractivity contribution is 6.33. The molecule has 1 saturated carbocycles. The van der Waals surface area contributed by atoms with Gasteiger partial charge >= 0.3 is 0 Å². The van der Waals surface area contributed by atoms with Crippen molar-refractivity contribution >= 4 is 17.3 Å². The number of halogens is 1. The normalized spacial score (nSPS) is 14.7.